The molecule has 2 rings (SSSR count). The van der Waals surface area contributed by atoms with Gasteiger partial charge in [-0.2, -0.15) is 6.08 Å². The van der Waals surface area contributed by atoms with E-state index in [2.05, 4.69) is 49.5 Å². The van der Waals surface area contributed by atoms with Crippen molar-refractivity contribution in [1.29, 1.82) is 0 Å². The van der Waals surface area contributed by atoms with Crippen LogP contribution >= 0.6 is 0 Å². The molecular weight excluding hydrogens is 343 g/mol. The third-order valence-corrected chi connectivity index (χ3v) is 6.68. The van der Waals surface area contributed by atoms with Crippen molar-refractivity contribution in [3.05, 3.63) is 47.7 Å². The molecule has 1 aromatic rings. The van der Waals surface area contributed by atoms with E-state index in [4.69, 9.17) is 4.74 Å². The van der Waals surface area contributed by atoms with E-state index in [1.165, 1.54) is 10.4 Å². The Balaban J connectivity index is 0. The van der Waals surface area contributed by atoms with E-state index in [1.807, 2.05) is 13.0 Å². The molecule has 0 fully saturated rings. The van der Waals surface area contributed by atoms with Gasteiger partial charge in [0.1, 0.15) is 5.75 Å². The summed E-state index contributed by atoms with van der Waals surface area (Å²) in [5.41, 5.74) is 0. The molecule has 0 spiro atoms. The van der Waals surface area contributed by atoms with Gasteiger partial charge >= 0.3 is 21.7 Å². The largest absolute Gasteiger partial charge is 3.00 e. The van der Waals surface area contributed by atoms with Crippen molar-refractivity contribution >= 4 is 13.3 Å². The molecule has 0 unspecified atom stereocenters. The molecule has 1 nitrogen and oxygen atoms in total. The molecule has 0 bridgehead atoms. The molecule has 1 aromatic carbocycles. The summed E-state index contributed by atoms with van der Waals surface area (Å²) in [4.78, 5) is 0. The van der Waals surface area contributed by atoms with Gasteiger partial charge in [0.25, 0.3) is 0 Å². The maximum atomic E-state index is 5.75. The van der Waals surface area contributed by atoms with Crippen molar-refractivity contribution in [3.63, 3.8) is 0 Å². The second kappa shape index (κ2) is 9.86. The van der Waals surface area contributed by atoms with Gasteiger partial charge in [-0.3, -0.25) is 6.08 Å². The fourth-order valence-electron chi connectivity index (χ4n) is 2.24. The maximum absolute atomic E-state index is 5.75. The molecular formula is C15H19Cl2OSiTi. The van der Waals surface area contributed by atoms with E-state index in [0.29, 0.717) is 0 Å². The summed E-state index contributed by atoms with van der Waals surface area (Å²) in [6.45, 7) is 7.48. The smallest absolute Gasteiger partial charge is 1.00 e. The predicted molar refractivity (Wildman–Crippen MR) is 75.2 cm³/mol. The van der Waals surface area contributed by atoms with E-state index >= 15 is 0 Å². The average molecular weight is 362 g/mol. The topological polar surface area (TPSA) is 9.23 Å². The van der Waals surface area contributed by atoms with Gasteiger partial charge in [0, 0.05) is 0 Å². The minimum Gasteiger partial charge on any atom is -1.00 e. The Morgan fingerprint density at radius 1 is 1.20 bits per heavy atom. The maximum Gasteiger partial charge on any atom is 3.00 e. The molecule has 1 aliphatic rings. The van der Waals surface area contributed by atoms with Crippen LogP contribution in [-0.2, 0) is 21.7 Å². The zero-order chi connectivity index (χ0) is 12.3. The molecule has 0 aromatic heterocycles. The normalized spacial score (nSPS) is 12.7. The van der Waals surface area contributed by atoms with Crippen LogP contribution in [0.15, 0.2) is 41.6 Å². The molecule has 0 atom stereocenters. The number of ether oxygens (including phenoxy) is 1. The SMILES string of the molecule is CCOc1ccccc1[Si](C)(C)C1=[C-]CC=C1.[Cl-].[Cl-].[Ti+3]. The number of halogens is 2. The molecule has 20 heavy (non-hydrogen) atoms. The van der Waals surface area contributed by atoms with Gasteiger partial charge in [0.15, 0.2) is 0 Å². The number of hydrogen-bond acceptors (Lipinski definition) is 1. The van der Waals surface area contributed by atoms with Gasteiger partial charge in [-0.1, -0.05) is 31.3 Å². The zero-order valence-corrected chi connectivity index (χ0v) is 16.1. The van der Waals surface area contributed by atoms with Crippen molar-refractivity contribution < 1.29 is 51.3 Å². The van der Waals surface area contributed by atoms with Crippen molar-refractivity contribution in [1.82, 2.24) is 0 Å². The molecule has 0 N–H and O–H groups in total. The molecule has 1 aliphatic carbocycles. The van der Waals surface area contributed by atoms with Gasteiger partial charge in [0.05, 0.1) is 14.7 Å². The van der Waals surface area contributed by atoms with Crippen LogP contribution in [0.25, 0.3) is 0 Å². The van der Waals surface area contributed by atoms with E-state index in [-0.39, 0.29) is 46.5 Å². The third-order valence-electron chi connectivity index (χ3n) is 3.23. The van der Waals surface area contributed by atoms with Crippen LogP contribution in [0, 0.1) is 6.08 Å². The second-order valence-electron chi connectivity index (χ2n) is 4.75. The van der Waals surface area contributed by atoms with Crippen LogP contribution in [0.5, 0.6) is 5.75 Å². The van der Waals surface area contributed by atoms with Gasteiger partial charge < -0.3 is 29.6 Å². The first-order valence-electron chi connectivity index (χ1n) is 6.16. The molecule has 0 aliphatic heterocycles. The molecule has 0 amide bonds. The number of para-hydroxylation sites is 1. The first-order valence-corrected chi connectivity index (χ1v) is 9.16. The van der Waals surface area contributed by atoms with E-state index < -0.39 is 8.07 Å². The van der Waals surface area contributed by atoms with Crippen molar-refractivity contribution in [3.8, 4) is 5.75 Å². The molecule has 0 saturated carbocycles. The van der Waals surface area contributed by atoms with Crippen molar-refractivity contribution in [2.75, 3.05) is 6.61 Å². The number of rotatable bonds is 4. The monoisotopic (exact) mass is 361 g/mol. The Labute approximate surface area is 150 Å². The van der Waals surface area contributed by atoms with Crippen LogP contribution < -0.4 is 34.7 Å². The Bertz CT molecular complexity index is 473. The fourth-order valence-corrected chi connectivity index (χ4v) is 4.90. The molecule has 0 heterocycles. The number of allylic oxidation sites excluding steroid dienone is 4. The van der Waals surface area contributed by atoms with E-state index in [1.54, 1.807) is 0 Å². The molecule has 0 saturated heterocycles. The van der Waals surface area contributed by atoms with Gasteiger partial charge in [0.2, 0.25) is 0 Å². The Kier molecular flexibility index (Phi) is 11.0. The Morgan fingerprint density at radius 2 is 1.85 bits per heavy atom. The quantitative estimate of drug-likeness (QED) is 0.417. The Hall–Kier alpha value is 0.0112. The zero-order valence-electron chi connectivity index (χ0n) is 12.0. The summed E-state index contributed by atoms with van der Waals surface area (Å²) >= 11 is 0. The standard InChI is InChI=1S/C15H19OSi.2ClH.Ti/c1-4-16-14-11-7-8-12-15(14)17(2,3)13-9-5-6-10-13;;;/h5,7-9,11-12H,4,6H2,1-3H3;2*1H;/q-1;;;+3/p-2. The van der Waals surface area contributed by atoms with Crippen LogP contribution in [-0.4, -0.2) is 14.7 Å². The second-order valence-corrected chi connectivity index (χ2v) is 9.08. The van der Waals surface area contributed by atoms with Crippen LogP contribution in [0.4, 0.5) is 0 Å². The predicted octanol–water partition coefficient (Wildman–Crippen LogP) is -2.77. The summed E-state index contributed by atoms with van der Waals surface area (Å²) in [6, 6.07) is 8.43. The number of hydrogen-bond donors (Lipinski definition) is 0. The van der Waals surface area contributed by atoms with Crippen molar-refractivity contribution in [2.24, 2.45) is 0 Å². The van der Waals surface area contributed by atoms with Gasteiger partial charge in [-0.05, 0) is 18.2 Å². The summed E-state index contributed by atoms with van der Waals surface area (Å²) in [5, 5.41) is 2.76. The molecule has 5 heteroatoms. The fraction of sp³-hybridized carbons (Fsp3) is 0.333. The number of benzene rings is 1. The third kappa shape index (κ3) is 4.78. The van der Waals surface area contributed by atoms with E-state index in [0.717, 1.165) is 18.8 Å². The summed E-state index contributed by atoms with van der Waals surface area (Å²) in [6.07, 6.45) is 8.86. The van der Waals surface area contributed by atoms with E-state index in [9.17, 15) is 0 Å². The first-order chi connectivity index (χ1) is 8.16. The first kappa shape index (κ1) is 22.3. The Morgan fingerprint density at radius 3 is 2.40 bits per heavy atom. The average Bonchev–Trinajstić information content (AvgIpc) is 2.84. The van der Waals surface area contributed by atoms with Crippen LogP contribution in [0.2, 0.25) is 13.1 Å². The van der Waals surface area contributed by atoms with Gasteiger partial charge in [-0.15, -0.1) is 6.42 Å². The minimum absolute atomic E-state index is 0. The minimum atomic E-state index is -1.63. The van der Waals surface area contributed by atoms with Crippen LogP contribution in [0.3, 0.4) is 0 Å². The summed E-state index contributed by atoms with van der Waals surface area (Å²) in [7, 11) is -1.63. The summed E-state index contributed by atoms with van der Waals surface area (Å²) < 4.78 is 5.75. The molecule has 107 valence electrons. The summed E-state index contributed by atoms with van der Waals surface area (Å²) in [5.74, 6) is 1.04. The van der Waals surface area contributed by atoms with Gasteiger partial charge in [-0.25, -0.2) is 11.3 Å². The molecule has 1 radical (unpaired) electrons. The van der Waals surface area contributed by atoms with Crippen LogP contribution in [0.1, 0.15) is 13.3 Å². The van der Waals surface area contributed by atoms with Crippen molar-refractivity contribution in [2.45, 2.75) is 26.4 Å².